The Labute approximate surface area is 125 Å². The Kier molecular flexibility index (Phi) is 5.38. The van der Waals surface area contributed by atoms with E-state index in [-0.39, 0.29) is 18.4 Å². The Bertz CT molecular complexity index is 492. The maximum absolute atomic E-state index is 12.0. The van der Waals surface area contributed by atoms with E-state index in [2.05, 4.69) is 4.98 Å². The lowest BCUT2D eigenvalue weighted by Crippen LogP contribution is -2.45. The molecular weight excluding hydrogens is 300 g/mol. The molecule has 6 nitrogen and oxygen atoms in total. The summed E-state index contributed by atoms with van der Waals surface area (Å²) >= 11 is 2.73. The quantitative estimate of drug-likeness (QED) is 0.820. The fourth-order valence-corrected chi connectivity index (χ4v) is 3.60. The topological polar surface area (TPSA) is 79.7 Å². The number of carbonyl (C=O) groups is 2. The van der Waals surface area contributed by atoms with Crippen LogP contribution in [-0.2, 0) is 20.7 Å². The van der Waals surface area contributed by atoms with Gasteiger partial charge in [-0.3, -0.25) is 9.59 Å². The van der Waals surface area contributed by atoms with Crippen LogP contribution < -0.4 is 0 Å². The van der Waals surface area contributed by atoms with Crippen molar-refractivity contribution in [2.75, 3.05) is 25.4 Å². The minimum Gasteiger partial charge on any atom is -0.481 e. The molecule has 20 heavy (non-hydrogen) atoms. The summed E-state index contributed by atoms with van der Waals surface area (Å²) in [5, 5.41) is 10.4. The molecule has 1 unspecified atom stereocenters. The number of aromatic nitrogens is 1. The van der Waals surface area contributed by atoms with E-state index >= 15 is 0 Å². The number of thioether (sulfide) groups is 1. The number of morpholine rings is 1. The average molecular weight is 316 g/mol. The Hall–Kier alpha value is -1.12. The molecule has 1 aromatic heterocycles. The van der Waals surface area contributed by atoms with E-state index in [9.17, 15) is 9.59 Å². The van der Waals surface area contributed by atoms with Crippen LogP contribution in [-0.4, -0.2) is 58.4 Å². The van der Waals surface area contributed by atoms with E-state index < -0.39 is 5.97 Å². The average Bonchev–Trinajstić information content (AvgIpc) is 2.82. The van der Waals surface area contributed by atoms with Crippen molar-refractivity contribution in [3.63, 3.8) is 0 Å². The Morgan fingerprint density at radius 3 is 3.15 bits per heavy atom. The molecule has 1 saturated heterocycles. The Morgan fingerprint density at radius 1 is 1.65 bits per heavy atom. The van der Waals surface area contributed by atoms with Crippen molar-refractivity contribution in [1.29, 1.82) is 0 Å². The summed E-state index contributed by atoms with van der Waals surface area (Å²) in [7, 11) is 0. The summed E-state index contributed by atoms with van der Waals surface area (Å²) in [4.78, 5) is 28.6. The first kappa shape index (κ1) is 15.3. The van der Waals surface area contributed by atoms with Gasteiger partial charge in [-0.1, -0.05) is 11.8 Å². The number of nitrogens with zero attached hydrogens (tertiary/aromatic N) is 2. The molecule has 2 rings (SSSR count). The minimum atomic E-state index is -0.898. The zero-order valence-corrected chi connectivity index (χ0v) is 12.7. The van der Waals surface area contributed by atoms with Gasteiger partial charge in [0.15, 0.2) is 4.34 Å². The second-order valence-corrected chi connectivity index (χ2v) is 6.57. The molecule has 1 N–H and O–H groups in total. The van der Waals surface area contributed by atoms with Gasteiger partial charge in [0.05, 0.1) is 30.6 Å². The van der Waals surface area contributed by atoms with E-state index in [1.807, 2.05) is 6.92 Å². The van der Waals surface area contributed by atoms with Crippen LogP contribution in [0, 0.1) is 0 Å². The molecule has 0 bridgehead atoms. The largest absolute Gasteiger partial charge is 0.481 e. The maximum Gasteiger partial charge on any atom is 0.309 e. The third-order valence-electron chi connectivity index (χ3n) is 2.78. The van der Waals surface area contributed by atoms with Gasteiger partial charge in [-0.25, -0.2) is 4.98 Å². The molecule has 0 aromatic carbocycles. The Balaban J connectivity index is 1.80. The van der Waals surface area contributed by atoms with Crippen LogP contribution in [0.1, 0.15) is 12.6 Å². The van der Waals surface area contributed by atoms with E-state index in [1.165, 1.54) is 23.1 Å². The standard InChI is InChI=1S/C12H16N2O4S2/c1-8-5-14(2-3-18-8)10(15)7-20-12-13-9(6-19-12)4-11(16)17/h6,8H,2-5,7H2,1H3,(H,16,17). The molecule has 0 radical (unpaired) electrons. The molecule has 0 spiro atoms. The molecule has 2 heterocycles. The van der Waals surface area contributed by atoms with Gasteiger partial charge in [0, 0.05) is 18.5 Å². The number of thiazole rings is 1. The minimum absolute atomic E-state index is 0.0696. The predicted molar refractivity (Wildman–Crippen MR) is 76.2 cm³/mol. The molecule has 110 valence electrons. The molecule has 1 aliphatic heterocycles. The van der Waals surface area contributed by atoms with Gasteiger partial charge in [0.25, 0.3) is 0 Å². The molecule has 0 saturated carbocycles. The number of hydrogen-bond acceptors (Lipinski definition) is 6. The third kappa shape index (κ3) is 4.46. The first-order chi connectivity index (χ1) is 9.54. The molecule has 1 aromatic rings. The number of carboxylic acids is 1. The smallest absolute Gasteiger partial charge is 0.309 e. The summed E-state index contributed by atoms with van der Waals surface area (Å²) in [6, 6.07) is 0. The highest BCUT2D eigenvalue weighted by atomic mass is 32.2. The molecule has 1 aliphatic rings. The number of rotatable bonds is 5. The molecule has 1 fully saturated rings. The van der Waals surface area contributed by atoms with E-state index in [0.29, 0.717) is 31.1 Å². The van der Waals surface area contributed by atoms with Gasteiger partial charge >= 0.3 is 5.97 Å². The number of aliphatic carboxylic acids is 1. The van der Waals surface area contributed by atoms with Crippen molar-refractivity contribution in [3.05, 3.63) is 11.1 Å². The van der Waals surface area contributed by atoms with Crippen LogP contribution in [0.5, 0.6) is 0 Å². The van der Waals surface area contributed by atoms with Crippen molar-refractivity contribution in [1.82, 2.24) is 9.88 Å². The van der Waals surface area contributed by atoms with Gasteiger partial charge in [-0.15, -0.1) is 11.3 Å². The monoisotopic (exact) mass is 316 g/mol. The summed E-state index contributed by atoms with van der Waals surface area (Å²) in [6.07, 6.45) is 0.00569. The van der Waals surface area contributed by atoms with Crippen molar-refractivity contribution in [3.8, 4) is 0 Å². The first-order valence-electron chi connectivity index (χ1n) is 6.23. The highest BCUT2D eigenvalue weighted by Gasteiger charge is 2.21. The predicted octanol–water partition coefficient (Wildman–Crippen LogP) is 1.11. The third-order valence-corrected chi connectivity index (χ3v) is 4.83. The lowest BCUT2D eigenvalue weighted by Gasteiger charge is -2.31. The SMILES string of the molecule is CC1CN(C(=O)CSc2nc(CC(=O)O)cs2)CCO1. The lowest BCUT2D eigenvalue weighted by atomic mass is 10.3. The zero-order chi connectivity index (χ0) is 14.5. The molecule has 8 heteroatoms. The van der Waals surface area contributed by atoms with Gasteiger partial charge in [-0.2, -0.15) is 0 Å². The van der Waals surface area contributed by atoms with Gasteiger partial charge in [0.1, 0.15) is 0 Å². The summed E-state index contributed by atoms with van der Waals surface area (Å²) in [5.74, 6) is -0.502. The number of amides is 1. The highest BCUT2D eigenvalue weighted by Crippen LogP contribution is 2.23. The number of carbonyl (C=O) groups excluding carboxylic acids is 1. The second-order valence-electron chi connectivity index (χ2n) is 4.49. The fourth-order valence-electron chi connectivity index (χ4n) is 1.85. The van der Waals surface area contributed by atoms with E-state index in [4.69, 9.17) is 9.84 Å². The van der Waals surface area contributed by atoms with Crippen LogP contribution in [0.4, 0.5) is 0 Å². The molecular formula is C12H16N2O4S2. The Morgan fingerprint density at radius 2 is 2.45 bits per heavy atom. The summed E-state index contributed by atoms with van der Waals surface area (Å²) in [6.45, 7) is 3.79. The van der Waals surface area contributed by atoms with Crippen molar-refractivity contribution in [2.24, 2.45) is 0 Å². The van der Waals surface area contributed by atoms with E-state index in [0.717, 1.165) is 4.34 Å². The summed E-state index contributed by atoms with van der Waals surface area (Å²) in [5.41, 5.74) is 0.539. The van der Waals surface area contributed by atoms with Crippen LogP contribution in [0.25, 0.3) is 0 Å². The zero-order valence-electron chi connectivity index (χ0n) is 11.1. The number of ether oxygens (including phenoxy) is 1. The van der Waals surface area contributed by atoms with Crippen LogP contribution in [0.2, 0.25) is 0 Å². The van der Waals surface area contributed by atoms with Crippen molar-refractivity contribution in [2.45, 2.75) is 23.8 Å². The number of carboxylic acid groups (broad SMARTS) is 1. The van der Waals surface area contributed by atoms with Crippen LogP contribution >= 0.6 is 23.1 Å². The first-order valence-corrected chi connectivity index (χ1v) is 8.09. The fraction of sp³-hybridized carbons (Fsp3) is 0.583. The molecule has 1 atom stereocenters. The summed E-state index contributed by atoms with van der Waals surface area (Å²) < 4.78 is 6.13. The van der Waals surface area contributed by atoms with E-state index in [1.54, 1.807) is 10.3 Å². The molecule has 0 aliphatic carbocycles. The maximum atomic E-state index is 12.0. The number of hydrogen-bond donors (Lipinski definition) is 1. The normalized spacial score (nSPS) is 19.1. The van der Waals surface area contributed by atoms with Gasteiger partial charge in [0.2, 0.25) is 5.91 Å². The van der Waals surface area contributed by atoms with Crippen LogP contribution in [0.3, 0.4) is 0 Å². The second kappa shape index (κ2) is 7.05. The van der Waals surface area contributed by atoms with Crippen molar-refractivity contribution < 1.29 is 19.4 Å². The van der Waals surface area contributed by atoms with Gasteiger partial charge in [-0.05, 0) is 6.92 Å². The lowest BCUT2D eigenvalue weighted by molar-refractivity contribution is -0.136. The highest BCUT2D eigenvalue weighted by molar-refractivity contribution is 8.01. The van der Waals surface area contributed by atoms with Gasteiger partial charge < -0.3 is 14.7 Å². The van der Waals surface area contributed by atoms with Crippen LogP contribution in [0.15, 0.2) is 9.72 Å². The molecule has 1 amide bonds. The van der Waals surface area contributed by atoms with Crippen molar-refractivity contribution >= 4 is 35.0 Å².